The molecule has 0 aliphatic heterocycles. The van der Waals surface area contributed by atoms with E-state index < -0.39 is 25.9 Å². The van der Waals surface area contributed by atoms with Crippen molar-refractivity contribution in [1.29, 1.82) is 0 Å². The smallest absolute Gasteiger partial charge is 0.305 e. The summed E-state index contributed by atoms with van der Waals surface area (Å²) in [6.07, 6.45) is 35.0. The summed E-state index contributed by atoms with van der Waals surface area (Å²) in [6.45, 7) is 3.94. The number of ether oxygens (including phenoxy) is 2. The van der Waals surface area contributed by atoms with E-state index in [9.17, 15) is 19.0 Å². The van der Waals surface area contributed by atoms with E-state index in [1.165, 1.54) is 109 Å². The number of hydrogen-bond acceptors (Lipinski definition) is 8. The van der Waals surface area contributed by atoms with Crippen molar-refractivity contribution in [2.75, 3.05) is 26.4 Å². The summed E-state index contributed by atoms with van der Waals surface area (Å²) >= 11 is 0. The van der Waals surface area contributed by atoms with Crippen LogP contribution in [0.1, 0.15) is 194 Å². The zero-order valence-electron chi connectivity index (χ0n) is 31.8. The van der Waals surface area contributed by atoms with E-state index in [0.717, 1.165) is 51.4 Å². The van der Waals surface area contributed by atoms with E-state index >= 15 is 0 Å². The van der Waals surface area contributed by atoms with Gasteiger partial charge in [0, 0.05) is 12.8 Å². The number of carbonyl (C=O) groups excluding carboxylic acids is 2. The van der Waals surface area contributed by atoms with Crippen molar-refractivity contribution in [1.82, 2.24) is 0 Å². The first-order valence-corrected chi connectivity index (χ1v) is 21.7. The number of phosphoric ester groups is 1. The molecule has 0 fully saturated rings. The number of rotatable bonds is 38. The van der Waals surface area contributed by atoms with Gasteiger partial charge in [0.1, 0.15) is 25.9 Å². The summed E-state index contributed by atoms with van der Waals surface area (Å²) in [7, 11) is -4.67. The summed E-state index contributed by atoms with van der Waals surface area (Å²) in [4.78, 5) is 36.8. The van der Waals surface area contributed by atoms with Gasteiger partial charge in [0.2, 0.25) is 0 Å². The fourth-order valence-corrected chi connectivity index (χ4v) is 6.54. The molecule has 0 heterocycles. The molecular formula is C39H76NO8P. The van der Waals surface area contributed by atoms with Gasteiger partial charge in [-0.3, -0.25) is 14.2 Å². The van der Waals surface area contributed by atoms with Gasteiger partial charge in [-0.1, -0.05) is 154 Å². The minimum Gasteiger partial charge on any atom is -0.756 e. The first kappa shape index (κ1) is 47.8. The van der Waals surface area contributed by atoms with E-state index in [-0.39, 0.29) is 39.2 Å². The number of esters is 2. The number of hydrogen-bond donors (Lipinski definition) is 1. The average molecular weight is 718 g/mol. The summed E-state index contributed by atoms with van der Waals surface area (Å²) in [6, 6.07) is 0. The Kier molecular flexibility index (Phi) is 35.6. The topological polar surface area (TPSA) is 139 Å². The molecule has 3 N–H and O–H groups in total. The first-order valence-electron chi connectivity index (χ1n) is 20.2. The maximum absolute atomic E-state index is 12.3. The second-order valence-corrected chi connectivity index (χ2v) is 14.9. The largest absolute Gasteiger partial charge is 0.756 e. The van der Waals surface area contributed by atoms with Gasteiger partial charge in [-0.15, -0.1) is 0 Å². The Hall–Kier alpha value is -1.25. The van der Waals surface area contributed by atoms with Crippen LogP contribution in [-0.4, -0.2) is 44.4 Å². The zero-order valence-corrected chi connectivity index (χ0v) is 32.7. The highest BCUT2D eigenvalue weighted by Crippen LogP contribution is 2.39. The number of allylic oxidation sites excluding steroid dienone is 2. The van der Waals surface area contributed by atoms with Crippen LogP contribution < -0.4 is 10.6 Å². The molecule has 0 amide bonds. The van der Waals surface area contributed by atoms with Crippen LogP contribution in [-0.2, 0) is 32.7 Å². The van der Waals surface area contributed by atoms with Crippen molar-refractivity contribution in [2.45, 2.75) is 200 Å². The van der Waals surface area contributed by atoms with Gasteiger partial charge in [0.25, 0.3) is 7.82 Å². The summed E-state index contributed by atoms with van der Waals surface area (Å²) < 4.78 is 32.6. The van der Waals surface area contributed by atoms with Gasteiger partial charge in [0.05, 0.1) is 6.54 Å². The lowest BCUT2D eigenvalue weighted by molar-refractivity contribution is -0.373. The van der Waals surface area contributed by atoms with Crippen LogP contribution in [0.5, 0.6) is 0 Å². The second-order valence-electron chi connectivity index (χ2n) is 13.6. The van der Waals surface area contributed by atoms with E-state index in [1.807, 2.05) is 0 Å². The number of quaternary nitrogens is 1. The SMILES string of the molecule is CCCCCCCC/C=C\CCCCCCCC(=O)OC[C@@H](COC(=O)CCCCCCCCCCCCCCC)OP(=O)([O-])OCC[NH3+]. The van der Waals surface area contributed by atoms with Gasteiger partial charge < -0.3 is 29.1 Å². The highest BCUT2D eigenvalue weighted by atomic mass is 31.2. The minimum absolute atomic E-state index is 0.123. The first-order chi connectivity index (χ1) is 23.8. The molecule has 0 rings (SSSR count). The maximum Gasteiger partial charge on any atom is 0.305 e. The standard InChI is InChI=1S/C39H76NO8P/c1-3-5-7-9-11-13-15-17-18-20-22-24-26-28-30-32-39(42)46-36-37(48-49(43,44)47-34-33-40)35-45-38(41)31-29-27-25-23-21-19-16-14-12-10-8-6-4-2/h17-18,37H,3-16,19-36,40H2,1-2H3,(H,43,44)/b18-17-/t37-/m1/s1. The van der Waals surface area contributed by atoms with Crippen molar-refractivity contribution in [3.63, 3.8) is 0 Å². The predicted octanol–water partition coefficient (Wildman–Crippen LogP) is 9.70. The van der Waals surface area contributed by atoms with Crippen LogP contribution in [0.3, 0.4) is 0 Å². The molecule has 0 aromatic heterocycles. The molecule has 0 saturated carbocycles. The van der Waals surface area contributed by atoms with E-state index in [2.05, 4.69) is 31.7 Å². The highest BCUT2D eigenvalue weighted by Gasteiger charge is 2.22. The molecule has 2 atom stereocenters. The fraction of sp³-hybridized carbons (Fsp3) is 0.897. The molecule has 0 bridgehead atoms. The molecule has 0 aromatic rings. The second kappa shape index (κ2) is 36.5. The number of unbranched alkanes of at least 4 members (excludes halogenated alkanes) is 23. The zero-order chi connectivity index (χ0) is 36.1. The Balaban J connectivity index is 4.12. The summed E-state index contributed by atoms with van der Waals surface area (Å²) in [5, 5.41) is 0. The van der Waals surface area contributed by atoms with Gasteiger partial charge in [-0.05, 0) is 38.5 Å². The van der Waals surface area contributed by atoms with Crippen LogP contribution in [0.15, 0.2) is 12.2 Å². The Bertz CT molecular complexity index is 825. The number of carbonyl (C=O) groups is 2. The summed E-state index contributed by atoms with van der Waals surface area (Å²) in [5.41, 5.74) is 3.56. The van der Waals surface area contributed by atoms with Gasteiger partial charge in [0.15, 0.2) is 0 Å². The predicted molar refractivity (Wildman–Crippen MR) is 198 cm³/mol. The summed E-state index contributed by atoms with van der Waals surface area (Å²) in [5.74, 6) is -0.848. The Labute approximate surface area is 300 Å². The third kappa shape index (κ3) is 36.3. The molecule has 0 aromatic carbocycles. The monoisotopic (exact) mass is 718 g/mol. The van der Waals surface area contributed by atoms with E-state index in [4.69, 9.17) is 18.5 Å². The Morgan fingerprint density at radius 2 is 0.939 bits per heavy atom. The Morgan fingerprint density at radius 3 is 1.31 bits per heavy atom. The molecule has 0 aliphatic carbocycles. The third-order valence-electron chi connectivity index (χ3n) is 8.66. The van der Waals surface area contributed by atoms with Crippen LogP contribution in [0.2, 0.25) is 0 Å². The van der Waals surface area contributed by atoms with Crippen molar-refractivity contribution >= 4 is 19.8 Å². The van der Waals surface area contributed by atoms with Crippen LogP contribution in [0, 0.1) is 0 Å². The quantitative estimate of drug-likeness (QED) is 0.0288. The minimum atomic E-state index is -4.67. The molecule has 1 unspecified atom stereocenters. The third-order valence-corrected chi connectivity index (χ3v) is 9.71. The fourth-order valence-electron chi connectivity index (χ4n) is 5.64. The molecule has 0 aliphatic rings. The molecule has 290 valence electrons. The molecule has 49 heavy (non-hydrogen) atoms. The van der Waals surface area contributed by atoms with Crippen molar-refractivity contribution in [3.8, 4) is 0 Å². The van der Waals surface area contributed by atoms with E-state index in [1.54, 1.807) is 0 Å². The highest BCUT2D eigenvalue weighted by molar-refractivity contribution is 7.45. The molecular weight excluding hydrogens is 641 g/mol. The Morgan fingerprint density at radius 1 is 0.592 bits per heavy atom. The van der Waals surface area contributed by atoms with Crippen LogP contribution in [0.4, 0.5) is 0 Å². The van der Waals surface area contributed by atoms with Crippen LogP contribution in [0.25, 0.3) is 0 Å². The molecule has 10 heteroatoms. The lowest BCUT2D eigenvalue weighted by Crippen LogP contribution is -2.52. The van der Waals surface area contributed by atoms with E-state index in [0.29, 0.717) is 6.42 Å². The molecule has 0 saturated heterocycles. The van der Waals surface area contributed by atoms with Gasteiger partial charge >= 0.3 is 11.9 Å². The maximum atomic E-state index is 12.3. The van der Waals surface area contributed by atoms with Crippen molar-refractivity contribution < 1.29 is 43.3 Å². The van der Waals surface area contributed by atoms with Gasteiger partial charge in [-0.25, -0.2) is 0 Å². The molecule has 9 nitrogen and oxygen atoms in total. The van der Waals surface area contributed by atoms with Crippen LogP contribution >= 0.6 is 7.82 Å². The molecule has 0 radical (unpaired) electrons. The van der Waals surface area contributed by atoms with Gasteiger partial charge in [-0.2, -0.15) is 0 Å². The number of phosphoric acid groups is 1. The lowest BCUT2D eigenvalue weighted by Gasteiger charge is -2.27. The normalized spacial score (nSPS) is 13.5. The average Bonchev–Trinajstić information content (AvgIpc) is 3.08. The van der Waals surface area contributed by atoms with Crippen molar-refractivity contribution in [2.24, 2.45) is 0 Å². The van der Waals surface area contributed by atoms with Crippen molar-refractivity contribution in [3.05, 3.63) is 12.2 Å². The lowest BCUT2D eigenvalue weighted by atomic mass is 10.0. The molecule has 0 spiro atoms.